The van der Waals surface area contributed by atoms with Gasteiger partial charge in [-0.25, -0.2) is 4.98 Å². The average molecular weight is 361 g/mol. The van der Waals surface area contributed by atoms with Crippen LogP contribution in [0, 0.1) is 16.0 Å². The maximum Gasteiger partial charge on any atom is 0.309 e. The smallest absolute Gasteiger partial charge is 0.309 e. The van der Waals surface area contributed by atoms with Crippen LogP contribution in [0.15, 0.2) is 29.6 Å². The number of ether oxygens (including phenoxy) is 1. The summed E-state index contributed by atoms with van der Waals surface area (Å²) < 4.78 is 5.09. The van der Waals surface area contributed by atoms with Crippen LogP contribution in [0.25, 0.3) is 11.3 Å². The number of anilines is 1. The summed E-state index contributed by atoms with van der Waals surface area (Å²) in [6.07, 6.45) is 0.719. The van der Waals surface area contributed by atoms with Gasteiger partial charge >= 0.3 is 5.97 Å². The molecular weight excluding hydrogens is 346 g/mol. The molecule has 0 aliphatic heterocycles. The first-order chi connectivity index (χ1) is 11.9. The van der Waals surface area contributed by atoms with Gasteiger partial charge < -0.3 is 4.74 Å². The van der Waals surface area contributed by atoms with E-state index in [0.717, 1.165) is 12.8 Å². The summed E-state index contributed by atoms with van der Waals surface area (Å²) in [6, 6.07) is 6.09. The fourth-order valence-corrected chi connectivity index (χ4v) is 2.82. The molecule has 2 aromatic rings. The van der Waals surface area contributed by atoms with Gasteiger partial charge in [0.25, 0.3) is 11.6 Å². The molecule has 9 heteroatoms. The summed E-state index contributed by atoms with van der Waals surface area (Å²) >= 11 is 1.19. The molecule has 0 saturated heterocycles. The number of benzene rings is 1. The van der Waals surface area contributed by atoms with Crippen molar-refractivity contribution in [2.24, 2.45) is 5.92 Å². The van der Waals surface area contributed by atoms with Crippen molar-refractivity contribution in [2.75, 3.05) is 5.32 Å². The van der Waals surface area contributed by atoms with Gasteiger partial charge in [-0.15, -0.1) is 11.3 Å². The number of nitrogens with one attached hydrogen (secondary N) is 1. The molecule has 1 fully saturated rings. The summed E-state index contributed by atoms with van der Waals surface area (Å²) in [6.45, 7) is 1.50. The number of amides is 1. The lowest BCUT2D eigenvalue weighted by atomic mass is 10.1. The number of hydrogen-bond donors (Lipinski definition) is 1. The maximum absolute atomic E-state index is 12.1. The lowest BCUT2D eigenvalue weighted by Gasteiger charge is -2.11. The van der Waals surface area contributed by atoms with Gasteiger partial charge in [0.1, 0.15) is 0 Å². The molecule has 0 bridgehead atoms. The summed E-state index contributed by atoms with van der Waals surface area (Å²) in [5.41, 5.74) is 1.07. The Balaban J connectivity index is 1.64. The predicted octanol–water partition coefficient (Wildman–Crippen LogP) is 3.00. The fourth-order valence-electron chi connectivity index (χ4n) is 2.09. The van der Waals surface area contributed by atoms with Gasteiger partial charge in [-0.1, -0.05) is 12.1 Å². The third-order valence-electron chi connectivity index (χ3n) is 3.66. The summed E-state index contributed by atoms with van der Waals surface area (Å²) in [5, 5.41) is 15.5. The Kier molecular flexibility index (Phi) is 4.75. The van der Waals surface area contributed by atoms with Gasteiger partial charge in [0.15, 0.2) is 11.2 Å². The Morgan fingerprint density at radius 3 is 2.88 bits per heavy atom. The van der Waals surface area contributed by atoms with Crippen molar-refractivity contribution in [2.45, 2.75) is 25.9 Å². The van der Waals surface area contributed by atoms with Crippen molar-refractivity contribution in [3.8, 4) is 11.3 Å². The molecule has 1 unspecified atom stereocenters. The van der Waals surface area contributed by atoms with Crippen LogP contribution in [0.1, 0.15) is 19.8 Å². The third kappa shape index (κ3) is 4.18. The van der Waals surface area contributed by atoms with Gasteiger partial charge in [0.2, 0.25) is 0 Å². The van der Waals surface area contributed by atoms with E-state index in [1.54, 1.807) is 17.5 Å². The van der Waals surface area contributed by atoms with Crippen molar-refractivity contribution in [3.63, 3.8) is 0 Å². The molecule has 130 valence electrons. The molecule has 1 saturated carbocycles. The Morgan fingerprint density at radius 1 is 1.44 bits per heavy atom. The maximum atomic E-state index is 12.1. The van der Waals surface area contributed by atoms with Crippen molar-refractivity contribution in [3.05, 3.63) is 39.8 Å². The second-order valence-corrected chi connectivity index (χ2v) is 6.55. The Morgan fingerprint density at radius 2 is 2.20 bits per heavy atom. The van der Waals surface area contributed by atoms with E-state index in [0.29, 0.717) is 16.4 Å². The van der Waals surface area contributed by atoms with Gasteiger partial charge in [0.05, 0.1) is 16.5 Å². The van der Waals surface area contributed by atoms with Gasteiger partial charge in [-0.2, -0.15) is 0 Å². The first kappa shape index (κ1) is 17.0. The van der Waals surface area contributed by atoms with Crippen molar-refractivity contribution in [1.29, 1.82) is 0 Å². The molecule has 0 spiro atoms. The standard InChI is InChI=1S/C16H15N3O5S/c1-9(24-15(21)10-5-6-10)14(20)18-16-17-13(8-25-16)11-3-2-4-12(7-11)19(22)23/h2-4,7-10H,5-6H2,1H3,(H,17,18,20). The molecule has 1 atom stereocenters. The predicted molar refractivity (Wildman–Crippen MR) is 91.1 cm³/mol. The largest absolute Gasteiger partial charge is 0.452 e. The minimum Gasteiger partial charge on any atom is -0.452 e. The normalized spacial score (nSPS) is 14.6. The highest BCUT2D eigenvalue weighted by Gasteiger charge is 2.33. The number of thiazole rings is 1. The lowest BCUT2D eigenvalue weighted by molar-refractivity contribution is -0.384. The highest BCUT2D eigenvalue weighted by molar-refractivity contribution is 7.14. The number of carbonyl (C=O) groups is 2. The van der Waals surface area contributed by atoms with Crippen LogP contribution in [0.5, 0.6) is 0 Å². The van der Waals surface area contributed by atoms with Gasteiger partial charge in [0, 0.05) is 23.1 Å². The fraction of sp³-hybridized carbons (Fsp3) is 0.312. The van der Waals surface area contributed by atoms with Gasteiger partial charge in [-0.05, 0) is 19.8 Å². The Labute approximate surface area is 147 Å². The minimum absolute atomic E-state index is 0.0308. The second kappa shape index (κ2) is 6.98. The SMILES string of the molecule is CC(OC(=O)C1CC1)C(=O)Nc1nc(-c2cccc([N+](=O)[O-])c2)cs1. The van der Waals surface area contributed by atoms with E-state index in [1.165, 1.54) is 30.4 Å². The van der Waals surface area contributed by atoms with Crippen LogP contribution in [-0.2, 0) is 14.3 Å². The molecule has 1 heterocycles. The molecule has 1 aliphatic rings. The number of nitrogens with zero attached hydrogens (tertiary/aromatic N) is 2. The molecule has 8 nitrogen and oxygen atoms in total. The highest BCUT2D eigenvalue weighted by Crippen LogP contribution is 2.31. The number of nitro benzene ring substituents is 1. The van der Waals surface area contributed by atoms with E-state index >= 15 is 0 Å². The molecule has 0 radical (unpaired) electrons. The van der Waals surface area contributed by atoms with Crippen molar-refractivity contribution in [1.82, 2.24) is 4.98 Å². The molecule has 25 heavy (non-hydrogen) atoms. The van der Waals surface area contributed by atoms with E-state index < -0.39 is 16.9 Å². The zero-order chi connectivity index (χ0) is 18.0. The number of rotatable bonds is 6. The van der Waals surface area contributed by atoms with E-state index in [-0.39, 0.29) is 17.6 Å². The molecule has 3 rings (SSSR count). The van der Waals surface area contributed by atoms with Crippen LogP contribution in [0.3, 0.4) is 0 Å². The Hall–Kier alpha value is -2.81. The van der Waals surface area contributed by atoms with Crippen molar-refractivity contribution < 1.29 is 19.2 Å². The number of nitro groups is 1. The first-order valence-electron chi connectivity index (χ1n) is 7.66. The molecule has 1 aromatic carbocycles. The topological polar surface area (TPSA) is 111 Å². The number of carbonyl (C=O) groups excluding carboxylic acids is 2. The summed E-state index contributed by atoms with van der Waals surface area (Å²) in [4.78, 5) is 38.3. The second-order valence-electron chi connectivity index (χ2n) is 5.69. The van der Waals surface area contributed by atoms with Crippen LogP contribution in [0.2, 0.25) is 0 Å². The number of aromatic nitrogens is 1. The number of non-ortho nitro benzene ring substituents is 1. The minimum atomic E-state index is -0.904. The first-order valence-corrected chi connectivity index (χ1v) is 8.53. The van der Waals surface area contributed by atoms with Crippen LogP contribution in [-0.4, -0.2) is 27.9 Å². The molecule has 1 aromatic heterocycles. The third-order valence-corrected chi connectivity index (χ3v) is 4.42. The summed E-state index contributed by atoms with van der Waals surface area (Å²) in [5.74, 6) is -0.886. The molecule has 1 aliphatic carbocycles. The van der Waals surface area contributed by atoms with E-state index in [1.807, 2.05) is 0 Å². The van der Waals surface area contributed by atoms with E-state index in [9.17, 15) is 19.7 Å². The molecular formula is C16H15N3O5S. The lowest BCUT2D eigenvalue weighted by Crippen LogP contribution is -2.30. The quantitative estimate of drug-likeness (QED) is 0.481. The van der Waals surface area contributed by atoms with E-state index in [2.05, 4.69) is 10.3 Å². The Bertz CT molecular complexity index is 831. The summed E-state index contributed by atoms with van der Waals surface area (Å²) in [7, 11) is 0. The number of esters is 1. The number of hydrogen-bond acceptors (Lipinski definition) is 7. The average Bonchev–Trinajstić information content (AvgIpc) is 3.34. The van der Waals surface area contributed by atoms with Crippen LogP contribution >= 0.6 is 11.3 Å². The van der Waals surface area contributed by atoms with Crippen molar-refractivity contribution >= 4 is 34.0 Å². The zero-order valence-electron chi connectivity index (χ0n) is 13.3. The monoisotopic (exact) mass is 361 g/mol. The molecule has 1 N–H and O–H groups in total. The highest BCUT2D eigenvalue weighted by atomic mass is 32.1. The van der Waals surface area contributed by atoms with E-state index in [4.69, 9.17) is 4.74 Å². The van der Waals surface area contributed by atoms with Crippen LogP contribution in [0.4, 0.5) is 10.8 Å². The van der Waals surface area contributed by atoms with Gasteiger partial charge in [-0.3, -0.25) is 25.0 Å². The zero-order valence-corrected chi connectivity index (χ0v) is 14.1. The van der Waals surface area contributed by atoms with Crippen LogP contribution < -0.4 is 5.32 Å². The molecule has 1 amide bonds.